The van der Waals surface area contributed by atoms with Crippen LogP contribution in [0.5, 0.6) is 0 Å². The zero-order chi connectivity index (χ0) is 23.8. The van der Waals surface area contributed by atoms with Crippen LogP contribution < -0.4 is 0 Å². The third-order valence-corrected chi connectivity index (χ3v) is 8.01. The summed E-state index contributed by atoms with van der Waals surface area (Å²) in [5.41, 5.74) is 1.27. The monoisotopic (exact) mass is 482 g/mol. The van der Waals surface area contributed by atoms with Gasteiger partial charge in [-0.1, -0.05) is 30.3 Å². The summed E-state index contributed by atoms with van der Waals surface area (Å²) in [6, 6.07) is 10.4. The normalized spacial score (nSPS) is 13.4. The second-order valence-electron chi connectivity index (χ2n) is 6.58. The molecule has 0 amide bonds. The predicted octanol–water partition coefficient (Wildman–Crippen LogP) is 3.33. The fourth-order valence-electron chi connectivity index (χ4n) is 2.87. The van der Waals surface area contributed by atoms with E-state index in [0.717, 1.165) is 4.31 Å². The Kier molecular flexibility index (Phi) is 9.30. The number of hydrogen-bond donors (Lipinski definition) is 0. The van der Waals surface area contributed by atoms with Gasteiger partial charge in [0, 0.05) is 39.7 Å². The highest BCUT2D eigenvalue weighted by Crippen LogP contribution is 2.48. The molecule has 0 aliphatic rings. The van der Waals surface area contributed by atoms with Crippen molar-refractivity contribution in [2.45, 2.75) is 24.4 Å². The number of aromatic nitrogens is 1. The summed E-state index contributed by atoms with van der Waals surface area (Å²) < 4.78 is 54.4. The molecule has 0 spiro atoms. The molecule has 0 unspecified atom stereocenters. The number of hydrogen-bond acceptors (Lipinski definition) is 8. The molecule has 0 saturated carbocycles. The predicted molar refractivity (Wildman–Crippen MR) is 120 cm³/mol. The van der Waals surface area contributed by atoms with Gasteiger partial charge in [0.2, 0.25) is 0 Å². The maximum Gasteiger partial charge on any atom is 0.353 e. The van der Waals surface area contributed by atoms with E-state index in [1.165, 1.54) is 39.3 Å². The van der Waals surface area contributed by atoms with Crippen molar-refractivity contribution in [3.05, 3.63) is 65.6 Å². The summed E-state index contributed by atoms with van der Waals surface area (Å²) in [5.74, 6) is 0.618. The molecule has 2 rings (SSSR count). The molecule has 1 aromatic carbocycles. The van der Waals surface area contributed by atoms with Crippen molar-refractivity contribution in [2.24, 2.45) is 0 Å². The third-order valence-electron chi connectivity index (χ3n) is 4.69. The highest BCUT2D eigenvalue weighted by atomic mass is 32.2. The number of carbonyl (C=O) groups excluding carboxylic acids is 1. The number of pyridine rings is 1. The summed E-state index contributed by atoms with van der Waals surface area (Å²) in [7, 11) is -3.60. The Morgan fingerprint density at radius 1 is 1.16 bits per heavy atom. The lowest BCUT2D eigenvalue weighted by Crippen LogP contribution is -2.45. The standard InChI is InChI=1S/C21H27N2O7PS/c1-5-30-21(24)19(23(2)32(26,27)20-12-8-9-14-22-20)16-18-11-7-6-10-17(18)13-15-31(25,28-3)29-4/h6-15,19H,5,16H2,1-4H3/b15-13+/t19-/m0/s1. The number of nitrogens with zero attached hydrogens (tertiary/aromatic N) is 2. The van der Waals surface area contributed by atoms with Gasteiger partial charge in [-0.25, -0.2) is 13.4 Å². The smallest absolute Gasteiger partial charge is 0.353 e. The molecule has 174 valence electrons. The van der Waals surface area contributed by atoms with Gasteiger partial charge < -0.3 is 13.8 Å². The van der Waals surface area contributed by atoms with Gasteiger partial charge in [-0.3, -0.25) is 9.36 Å². The minimum atomic E-state index is -4.06. The molecule has 1 heterocycles. The third kappa shape index (κ3) is 6.34. The average molecular weight is 482 g/mol. The van der Waals surface area contributed by atoms with E-state index in [-0.39, 0.29) is 18.1 Å². The fourth-order valence-corrected chi connectivity index (χ4v) is 4.84. The topological polar surface area (TPSA) is 112 Å². The van der Waals surface area contributed by atoms with Crippen molar-refractivity contribution in [1.29, 1.82) is 0 Å². The first-order chi connectivity index (χ1) is 15.2. The Labute approximate surface area is 188 Å². The minimum Gasteiger partial charge on any atom is -0.465 e. The molecule has 1 aromatic heterocycles. The van der Waals surface area contributed by atoms with E-state index >= 15 is 0 Å². The van der Waals surface area contributed by atoms with E-state index < -0.39 is 29.6 Å². The summed E-state index contributed by atoms with van der Waals surface area (Å²) in [4.78, 5) is 16.6. The molecular weight excluding hydrogens is 455 g/mol. The van der Waals surface area contributed by atoms with E-state index in [1.807, 2.05) is 0 Å². The van der Waals surface area contributed by atoms with Gasteiger partial charge in [0.05, 0.1) is 6.61 Å². The Bertz CT molecular complexity index is 1080. The molecule has 2 aromatic rings. The van der Waals surface area contributed by atoms with Crippen LogP contribution in [0.2, 0.25) is 0 Å². The van der Waals surface area contributed by atoms with Crippen molar-refractivity contribution in [3.63, 3.8) is 0 Å². The van der Waals surface area contributed by atoms with Crippen LogP contribution in [0.15, 0.2) is 59.5 Å². The lowest BCUT2D eigenvalue weighted by molar-refractivity contribution is -0.147. The SMILES string of the molecule is CCOC(=O)[C@H](Cc1ccccc1/C=C/P(=O)(OC)OC)N(C)S(=O)(=O)c1ccccn1. The number of sulfonamides is 1. The highest BCUT2D eigenvalue weighted by Gasteiger charge is 2.35. The van der Waals surface area contributed by atoms with Crippen molar-refractivity contribution < 1.29 is 31.6 Å². The van der Waals surface area contributed by atoms with Gasteiger partial charge in [0.25, 0.3) is 10.0 Å². The molecule has 11 heteroatoms. The van der Waals surface area contributed by atoms with E-state index in [4.69, 9.17) is 13.8 Å². The molecule has 0 aliphatic carbocycles. The Morgan fingerprint density at radius 2 is 1.81 bits per heavy atom. The molecule has 0 N–H and O–H groups in total. The molecule has 9 nitrogen and oxygen atoms in total. The van der Waals surface area contributed by atoms with Crippen molar-refractivity contribution in [3.8, 4) is 0 Å². The van der Waals surface area contributed by atoms with Crippen LogP contribution in [0.1, 0.15) is 18.1 Å². The Hall–Kier alpha value is -2.36. The van der Waals surface area contributed by atoms with Crippen molar-refractivity contribution in [1.82, 2.24) is 9.29 Å². The van der Waals surface area contributed by atoms with Gasteiger partial charge in [0.15, 0.2) is 5.03 Å². The summed E-state index contributed by atoms with van der Waals surface area (Å²) >= 11 is 0. The van der Waals surface area contributed by atoms with Crippen LogP contribution in [0.3, 0.4) is 0 Å². The van der Waals surface area contributed by atoms with E-state index in [9.17, 15) is 17.8 Å². The molecule has 0 radical (unpaired) electrons. The van der Waals surface area contributed by atoms with Gasteiger partial charge in [0.1, 0.15) is 6.04 Å². The lowest BCUT2D eigenvalue weighted by Gasteiger charge is -2.26. The van der Waals surface area contributed by atoms with Crippen molar-refractivity contribution >= 4 is 29.7 Å². The number of rotatable bonds is 11. The largest absolute Gasteiger partial charge is 0.465 e. The van der Waals surface area contributed by atoms with Gasteiger partial charge >= 0.3 is 13.6 Å². The maximum absolute atomic E-state index is 13.1. The second kappa shape index (κ2) is 11.5. The molecule has 0 saturated heterocycles. The van der Waals surface area contributed by atoms with Crippen molar-refractivity contribution in [2.75, 3.05) is 27.9 Å². The maximum atomic E-state index is 13.1. The van der Waals surface area contributed by atoms with Gasteiger partial charge in [-0.05, 0) is 36.3 Å². The second-order valence-corrected chi connectivity index (χ2v) is 10.6. The minimum absolute atomic E-state index is 0.0200. The summed E-state index contributed by atoms with van der Waals surface area (Å²) in [5, 5.41) is -0.175. The van der Waals surface area contributed by atoms with Gasteiger partial charge in [-0.2, -0.15) is 4.31 Å². The first-order valence-corrected chi connectivity index (χ1v) is 12.8. The molecule has 0 bridgehead atoms. The zero-order valence-electron chi connectivity index (χ0n) is 18.4. The summed E-state index contributed by atoms with van der Waals surface area (Å²) in [6.07, 6.45) is 2.94. The van der Waals surface area contributed by atoms with Crippen LogP contribution in [0, 0.1) is 0 Å². The van der Waals surface area contributed by atoms with Crippen LogP contribution in [0.4, 0.5) is 0 Å². The first kappa shape index (κ1) is 25.9. The number of benzene rings is 1. The Morgan fingerprint density at radius 3 is 2.41 bits per heavy atom. The van der Waals surface area contributed by atoms with Crippen LogP contribution in [0.25, 0.3) is 6.08 Å². The Balaban J connectivity index is 2.44. The lowest BCUT2D eigenvalue weighted by atomic mass is 10.0. The van der Waals surface area contributed by atoms with Crippen LogP contribution in [-0.2, 0) is 39.6 Å². The van der Waals surface area contributed by atoms with Crippen LogP contribution in [-0.4, -0.2) is 57.6 Å². The fraction of sp³-hybridized carbons (Fsp3) is 0.333. The molecule has 0 fully saturated rings. The number of carbonyl (C=O) groups is 1. The molecule has 32 heavy (non-hydrogen) atoms. The van der Waals surface area contributed by atoms with Gasteiger partial charge in [-0.15, -0.1) is 0 Å². The quantitative estimate of drug-likeness (QED) is 0.354. The van der Waals surface area contributed by atoms with E-state index in [1.54, 1.807) is 49.4 Å². The molecular formula is C21H27N2O7PS. The molecule has 1 atom stereocenters. The first-order valence-electron chi connectivity index (χ1n) is 9.72. The highest BCUT2D eigenvalue weighted by molar-refractivity contribution is 7.89. The van der Waals surface area contributed by atoms with E-state index in [0.29, 0.717) is 11.1 Å². The summed E-state index contributed by atoms with van der Waals surface area (Å²) in [6.45, 7) is 1.74. The zero-order valence-corrected chi connectivity index (χ0v) is 20.1. The number of likely N-dealkylation sites (N-methyl/N-ethyl adjacent to an activating group) is 1. The number of ether oxygens (including phenoxy) is 1. The average Bonchev–Trinajstić information content (AvgIpc) is 2.81. The van der Waals surface area contributed by atoms with E-state index in [2.05, 4.69) is 4.98 Å². The van der Waals surface area contributed by atoms with Crippen LogP contribution >= 0.6 is 7.60 Å². The molecule has 0 aliphatic heterocycles. The number of esters is 1.